The average Bonchev–Trinajstić information content (AvgIpc) is 2.72. The molecular formula is C24H26N2O3S. The first-order chi connectivity index (χ1) is 14.3. The predicted octanol–water partition coefficient (Wildman–Crippen LogP) is 5.08. The van der Waals surface area contributed by atoms with Gasteiger partial charge in [0.25, 0.3) is 15.9 Å². The summed E-state index contributed by atoms with van der Waals surface area (Å²) in [4.78, 5) is 13.0. The molecule has 0 bridgehead atoms. The highest BCUT2D eigenvalue weighted by Gasteiger charge is 2.26. The standard InChI is InChI=1S/C24H26N2O3S/c1-5-26(21-11-7-6-8-12-21)30(28,29)23-16-20(15-14-18(23)3)24(27)25-22-13-9-10-17(2)19(22)4/h6-16H,5H2,1-4H3,(H,25,27). The number of hydrogen-bond donors (Lipinski definition) is 1. The molecule has 0 radical (unpaired) electrons. The largest absolute Gasteiger partial charge is 0.322 e. The lowest BCUT2D eigenvalue weighted by Gasteiger charge is -2.24. The molecule has 156 valence electrons. The number of hydrogen-bond acceptors (Lipinski definition) is 3. The Bertz CT molecular complexity index is 1170. The highest BCUT2D eigenvalue weighted by atomic mass is 32.2. The molecule has 0 aliphatic heterocycles. The van der Waals surface area contributed by atoms with E-state index in [4.69, 9.17) is 0 Å². The first kappa shape index (κ1) is 21.6. The number of para-hydroxylation sites is 1. The fourth-order valence-electron chi connectivity index (χ4n) is 3.30. The van der Waals surface area contributed by atoms with Crippen LogP contribution in [0.2, 0.25) is 0 Å². The normalized spacial score (nSPS) is 11.2. The lowest BCUT2D eigenvalue weighted by molar-refractivity contribution is 0.102. The average molecular weight is 423 g/mol. The molecule has 1 amide bonds. The molecule has 0 fully saturated rings. The van der Waals surface area contributed by atoms with E-state index >= 15 is 0 Å². The molecule has 3 aromatic rings. The molecular weight excluding hydrogens is 396 g/mol. The Kier molecular flexibility index (Phi) is 6.27. The Morgan fingerprint density at radius 1 is 0.900 bits per heavy atom. The Balaban J connectivity index is 1.98. The third-order valence-electron chi connectivity index (χ3n) is 5.20. The Hall–Kier alpha value is -3.12. The van der Waals surface area contributed by atoms with E-state index in [0.717, 1.165) is 11.1 Å². The number of anilines is 2. The van der Waals surface area contributed by atoms with Crippen LogP contribution in [0.5, 0.6) is 0 Å². The van der Waals surface area contributed by atoms with Crippen LogP contribution in [0.1, 0.15) is 34.0 Å². The minimum atomic E-state index is -3.83. The molecule has 0 spiro atoms. The number of carbonyl (C=O) groups excluding carboxylic acids is 1. The molecule has 30 heavy (non-hydrogen) atoms. The van der Waals surface area contributed by atoms with Gasteiger partial charge in [-0.3, -0.25) is 9.10 Å². The van der Waals surface area contributed by atoms with Crippen molar-refractivity contribution in [2.45, 2.75) is 32.6 Å². The second-order valence-corrected chi connectivity index (χ2v) is 9.02. The fraction of sp³-hybridized carbons (Fsp3) is 0.208. The molecule has 3 aromatic carbocycles. The lowest BCUT2D eigenvalue weighted by Crippen LogP contribution is -2.31. The van der Waals surface area contributed by atoms with Gasteiger partial charge < -0.3 is 5.32 Å². The van der Waals surface area contributed by atoms with Gasteiger partial charge in [0, 0.05) is 17.8 Å². The number of nitrogens with one attached hydrogen (secondary N) is 1. The first-order valence-electron chi connectivity index (χ1n) is 9.81. The summed E-state index contributed by atoms with van der Waals surface area (Å²) < 4.78 is 28.2. The quantitative estimate of drug-likeness (QED) is 0.602. The molecule has 5 nitrogen and oxygen atoms in total. The van der Waals surface area contributed by atoms with Gasteiger partial charge >= 0.3 is 0 Å². The molecule has 0 aliphatic carbocycles. The zero-order valence-electron chi connectivity index (χ0n) is 17.6. The lowest BCUT2D eigenvalue weighted by atomic mass is 10.1. The highest BCUT2D eigenvalue weighted by Crippen LogP contribution is 2.27. The van der Waals surface area contributed by atoms with Gasteiger partial charge in [-0.2, -0.15) is 0 Å². The molecule has 0 unspecified atom stereocenters. The second-order valence-electron chi connectivity index (χ2n) is 7.19. The summed E-state index contributed by atoms with van der Waals surface area (Å²) in [5.74, 6) is -0.345. The summed E-state index contributed by atoms with van der Waals surface area (Å²) in [5.41, 5.74) is 4.24. The van der Waals surface area contributed by atoms with Gasteiger partial charge in [-0.05, 0) is 74.7 Å². The van der Waals surface area contributed by atoms with Gasteiger partial charge in [-0.15, -0.1) is 0 Å². The number of carbonyl (C=O) groups is 1. The van der Waals surface area contributed by atoms with Gasteiger partial charge in [0.05, 0.1) is 10.6 Å². The van der Waals surface area contributed by atoms with Crippen LogP contribution in [0.3, 0.4) is 0 Å². The summed E-state index contributed by atoms with van der Waals surface area (Å²) in [6.07, 6.45) is 0. The third kappa shape index (κ3) is 4.24. The number of aryl methyl sites for hydroxylation is 2. The van der Waals surface area contributed by atoms with E-state index in [1.807, 2.05) is 38.1 Å². The number of benzene rings is 3. The maximum Gasteiger partial charge on any atom is 0.264 e. The molecule has 0 saturated carbocycles. The molecule has 0 heterocycles. The van der Waals surface area contributed by atoms with Crippen molar-refractivity contribution in [2.24, 2.45) is 0 Å². The van der Waals surface area contributed by atoms with E-state index in [9.17, 15) is 13.2 Å². The minimum Gasteiger partial charge on any atom is -0.322 e. The van der Waals surface area contributed by atoms with Crippen LogP contribution < -0.4 is 9.62 Å². The predicted molar refractivity (Wildman–Crippen MR) is 122 cm³/mol. The van der Waals surface area contributed by atoms with Crippen LogP contribution in [0, 0.1) is 20.8 Å². The molecule has 0 aromatic heterocycles. The summed E-state index contributed by atoms with van der Waals surface area (Å²) in [6.45, 7) is 7.72. The number of rotatable bonds is 6. The first-order valence-corrected chi connectivity index (χ1v) is 11.3. The van der Waals surface area contributed by atoms with Crippen molar-refractivity contribution in [3.05, 3.63) is 89.0 Å². The zero-order valence-corrected chi connectivity index (χ0v) is 18.5. The summed E-state index contributed by atoms with van der Waals surface area (Å²) in [5, 5.41) is 2.89. The van der Waals surface area contributed by atoms with E-state index in [1.54, 1.807) is 50.2 Å². The molecule has 0 aliphatic rings. The zero-order chi connectivity index (χ0) is 21.9. The van der Waals surface area contributed by atoms with E-state index in [1.165, 1.54) is 10.4 Å². The van der Waals surface area contributed by atoms with Crippen LogP contribution in [0.15, 0.2) is 71.6 Å². The van der Waals surface area contributed by atoms with Gasteiger partial charge in [0.15, 0.2) is 0 Å². The van der Waals surface area contributed by atoms with Gasteiger partial charge in [0.2, 0.25) is 0 Å². The summed E-state index contributed by atoms with van der Waals surface area (Å²) in [7, 11) is -3.83. The number of sulfonamides is 1. The van der Waals surface area contributed by atoms with Crippen molar-refractivity contribution in [1.82, 2.24) is 0 Å². The monoisotopic (exact) mass is 422 g/mol. The van der Waals surface area contributed by atoms with Crippen molar-refractivity contribution in [1.29, 1.82) is 0 Å². The van der Waals surface area contributed by atoms with Crippen molar-refractivity contribution in [3.8, 4) is 0 Å². The van der Waals surface area contributed by atoms with Crippen LogP contribution in [0.4, 0.5) is 11.4 Å². The van der Waals surface area contributed by atoms with Crippen molar-refractivity contribution < 1.29 is 13.2 Å². The number of nitrogens with zero attached hydrogens (tertiary/aromatic N) is 1. The van der Waals surface area contributed by atoms with E-state index in [-0.39, 0.29) is 17.3 Å². The Morgan fingerprint density at radius 2 is 1.60 bits per heavy atom. The maximum atomic E-state index is 13.4. The topological polar surface area (TPSA) is 66.5 Å². The Morgan fingerprint density at radius 3 is 2.27 bits per heavy atom. The van der Waals surface area contributed by atoms with Crippen LogP contribution in [-0.2, 0) is 10.0 Å². The van der Waals surface area contributed by atoms with Gasteiger partial charge in [-0.1, -0.05) is 36.4 Å². The van der Waals surface area contributed by atoms with Crippen molar-refractivity contribution in [2.75, 3.05) is 16.2 Å². The van der Waals surface area contributed by atoms with E-state index in [0.29, 0.717) is 22.5 Å². The van der Waals surface area contributed by atoms with Crippen LogP contribution in [0.25, 0.3) is 0 Å². The molecule has 6 heteroatoms. The van der Waals surface area contributed by atoms with E-state index in [2.05, 4.69) is 5.32 Å². The van der Waals surface area contributed by atoms with Gasteiger partial charge in [0.1, 0.15) is 0 Å². The molecule has 0 saturated heterocycles. The molecule has 3 rings (SSSR count). The number of amides is 1. The summed E-state index contributed by atoms with van der Waals surface area (Å²) >= 11 is 0. The third-order valence-corrected chi connectivity index (χ3v) is 7.25. The fourth-order valence-corrected chi connectivity index (χ4v) is 5.03. The molecule has 0 atom stereocenters. The van der Waals surface area contributed by atoms with E-state index < -0.39 is 10.0 Å². The second kappa shape index (κ2) is 8.71. The van der Waals surface area contributed by atoms with Gasteiger partial charge in [-0.25, -0.2) is 8.42 Å². The SMILES string of the molecule is CCN(c1ccccc1)S(=O)(=O)c1cc(C(=O)Nc2cccc(C)c2C)ccc1C. The van der Waals surface area contributed by atoms with Crippen LogP contribution >= 0.6 is 0 Å². The minimum absolute atomic E-state index is 0.127. The van der Waals surface area contributed by atoms with Crippen LogP contribution in [-0.4, -0.2) is 20.9 Å². The summed E-state index contributed by atoms with van der Waals surface area (Å²) in [6, 6.07) is 19.4. The highest BCUT2D eigenvalue weighted by molar-refractivity contribution is 7.92. The maximum absolute atomic E-state index is 13.4. The Labute approximate surface area is 178 Å². The van der Waals surface area contributed by atoms with Crippen molar-refractivity contribution in [3.63, 3.8) is 0 Å². The molecule has 1 N–H and O–H groups in total. The smallest absolute Gasteiger partial charge is 0.264 e. The van der Waals surface area contributed by atoms with Crippen molar-refractivity contribution >= 4 is 27.3 Å².